The number of hydrogen-bond donors (Lipinski definition) is 0. The van der Waals surface area contributed by atoms with E-state index in [1.807, 2.05) is 36.6 Å². The summed E-state index contributed by atoms with van der Waals surface area (Å²) in [5.41, 5.74) is 2.63. The van der Waals surface area contributed by atoms with Crippen molar-refractivity contribution in [1.82, 2.24) is 0 Å². The molecule has 0 radical (unpaired) electrons. The molecule has 3 aromatic rings. The summed E-state index contributed by atoms with van der Waals surface area (Å²) in [5.74, 6) is 0.0569. The second-order valence-corrected chi connectivity index (χ2v) is 6.45. The van der Waals surface area contributed by atoms with Crippen LogP contribution >= 0.6 is 11.3 Å². The second-order valence-electron chi connectivity index (χ2n) is 5.50. The smallest absolute Gasteiger partial charge is 0.353 e. The zero-order valence-corrected chi connectivity index (χ0v) is 14.5. The molecule has 3 nitrogen and oxygen atoms in total. The van der Waals surface area contributed by atoms with Gasteiger partial charge in [-0.2, -0.15) is 0 Å². The van der Waals surface area contributed by atoms with Crippen LogP contribution in [0.2, 0.25) is 0 Å². The number of rotatable bonds is 5. The number of ether oxygens (including phenoxy) is 1. The van der Waals surface area contributed by atoms with E-state index in [1.54, 1.807) is 42.5 Å². The van der Waals surface area contributed by atoms with Crippen LogP contribution in [0.1, 0.15) is 31.2 Å². The fraction of sp³-hybridized carbons (Fsp3) is 0.0476. The van der Waals surface area contributed by atoms with Crippen molar-refractivity contribution in [3.8, 4) is 5.75 Å². The minimum absolute atomic E-state index is 0.0480. The summed E-state index contributed by atoms with van der Waals surface area (Å²) in [6, 6.07) is 18.0. The molecule has 0 aliphatic carbocycles. The van der Waals surface area contributed by atoms with E-state index in [4.69, 9.17) is 4.74 Å². The molecule has 0 aliphatic heterocycles. The highest BCUT2D eigenvalue weighted by atomic mass is 32.1. The Labute approximate surface area is 150 Å². The van der Waals surface area contributed by atoms with Gasteiger partial charge in [0.15, 0.2) is 5.78 Å². The number of esters is 1. The molecule has 1 aromatic heterocycles. The Hall–Kier alpha value is -2.98. The molecule has 3 rings (SSSR count). The molecule has 25 heavy (non-hydrogen) atoms. The lowest BCUT2D eigenvalue weighted by molar-refractivity contribution is 0.0739. The standard InChI is InChI=1S/C21H16O3S/c1-15-4-9-17(10-5-15)19(22)13-8-16-6-11-18(12-7-16)24-21(23)20-3-2-14-25-20/h2-14H,1H3. The molecule has 4 heteroatoms. The Kier molecular flexibility index (Phi) is 5.21. The maximum absolute atomic E-state index is 12.1. The van der Waals surface area contributed by atoms with Crippen LogP contribution in [0.4, 0.5) is 0 Å². The van der Waals surface area contributed by atoms with Crippen molar-refractivity contribution >= 4 is 29.2 Å². The largest absolute Gasteiger partial charge is 0.422 e. The molecule has 0 spiro atoms. The number of ketones is 1. The number of carbonyl (C=O) groups is 2. The molecule has 0 saturated carbocycles. The van der Waals surface area contributed by atoms with Crippen LogP contribution in [-0.2, 0) is 0 Å². The minimum Gasteiger partial charge on any atom is -0.422 e. The first-order valence-electron chi connectivity index (χ1n) is 7.77. The molecule has 0 unspecified atom stereocenters. The number of benzene rings is 2. The summed E-state index contributed by atoms with van der Waals surface area (Å²) in [6.07, 6.45) is 3.28. The molecule has 1 heterocycles. The maximum atomic E-state index is 12.1. The summed E-state index contributed by atoms with van der Waals surface area (Å²) in [4.78, 5) is 24.6. The molecule has 0 amide bonds. The van der Waals surface area contributed by atoms with Crippen molar-refractivity contribution in [1.29, 1.82) is 0 Å². The molecule has 124 valence electrons. The summed E-state index contributed by atoms with van der Waals surface area (Å²) in [7, 11) is 0. The van der Waals surface area contributed by atoms with Crippen LogP contribution in [0.3, 0.4) is 0 Å². The lowest BCUT2D eigenvalue weighted by Crippen LogP contribution is -2.05. The molecule has 0 fully saturated rings. The fourth-order valence-electron chi connectivity index (χ4n) is 2.18. The predicted molar refractivity (Wildman–Crippen MR) is 100 cm³/mol. The van der Waals surface area contributed by atoms with Crippen molar-refractivity contribution in [2.75, 3.05) is 0 Å². The van der Waals surface area contributed by atoms with Gasteiger partial charge in [0.2, 0.25) is 0 Å². The third-order valence-corrected chi connectivity index (χ3v) is 4.43. The lowest BCUT2D eigenvalue weighted by Gasteiger charge is -2.03. The van der Waals surface area contributed by atoms with Crippen LogP contribution in [0.5, 0.6) is 5.75 Å². The first kappa shape index (κ1) is 16.9. The Morgan fingerprint density at radius 2 is 1.68 bits per heavy atom. The number of hydrogen-bond acceptors (Lipinski definition) is 4. The van der Waals surface area contributed by atoms with Gasteiger partial charge in [0, 0.05) is 5.56 Å². The van der Waals surface area contributed by atoms with E-state index in [2.05, 4.69) is 0 Å². The van der Waals surface area contributed by atoms with Gasteiger partial charge in [-0.3, -0.25) is 4.79 Å². The van der Waals surface area contributed by atoms with E-state index in [1.165, 1.54) is 17.4 Å². The van der Waals surface area contributed by atoms with Crippen LogP contribution in [0.15, 0.2) is 72.1 Å². The highest BCUT2D eigenvalue weighted by Crippen LogP contribution is 2.17. The first-order valence-corrected chi connectivity index (χ1v) is 8.64. The summed E-state index contributed by atoms with van der Waals surface area (Å²) in [5, 5.41) is 1.83. The number of allylic oxidation sites excluding steroid dienone is 1. The van der Waals surface area contributed by atoms with Gasteiger partial charge >= 0.3 is 5.97 Å². The highest BCUT2D eigenvalue weighted by Gasteiger charge is 2.09. The van der Waals surface area contributed by atoms with Crippen molar-refractivity contribution in [3.63, 3.8) is 0 Å². The van der Waals surface area contributed by atoms with Gasteiger partial charge in [-0.05, 0) is 42.1 Å². The van der Waals surface area contributed by atoms with Gasteiger partial charge in [-0.25, -0.2) is 4.79 Å². The van der Waals surface area contributed by atoms with E-state index in [-0.39, 0.29) is 11.8 Å². The Bertz CT molecular complexity index is 889. The van der Waals surface area contributed by atoms with E-state index < -0.39 is 0 Å². The maximum Gasteiger partial charge on any atom is 0.353 e. The van der Waals surface area contributed by atoms with Gasteiger partial charge in [0.25, 0.3) is 0 Å². The van der Waals surface area contributed by atoms with Crippen molar-refractivity contribution < 1.29 is 14.3 Å². The number of thiophene rings is 1. The van der Waals surface area contributed by atoms with Gasteiger partial charge in [-0.1, -0.05) is 54.1 Å². The van der Waals surface area contributed by atoms with Gasteiger partial charge in [0.05, 0.1) is 0 Å². The Balaban J connectivity index is 1.63. The topological polar surface area (TPSA) is 43.4 Å². The van der Waals surface area contributed by atoms with Crippen molar-refractivity contribution in [2.24, 2.45) is 0 Å². The lowest BCUT2D eigenvalue weighted by atomic mass is 10.1. The number of aryl methyl sites for hydroxylation is 1. The van der Waals surface area contributed by atoms with Crippen molar-refractivity contribution in [2.45, 2.75) is 6.92 Å². The van der Waals surface area contributed by atoms with Crippen molar-refractivity contribution in [3.05, 3.63) is 93.7 Å². The molecule has 0 N–H and O–H groups in total. The normalized spacial score (nSPS) is 10.8. The summed E-state index contributed by atoms with van der Waals surface area (Å²) < 4.78 is 5.30. The van der Waals surface area contributed by atoms with Crippen LogP contribution in [-0.4, -0.2) is 11.8 Å². The van der Waals surface area contributed by atoms with Gasteiger partial charge < -0.3 is 4.74 Å². The first-order chi connectivity index (χ1) is 12.1. The molecule has 0 saturated heterocycles. The monoisotopic (exact) mass is 348 g/mol. The molecule has 0 atom stereocenters. The van der Waals surface area contributed by atoms with E-state index in [0.717, 1.165) is 11.1 Å². The molecule has 2 aromatic carbocycles. The van der Waals surface area contributed by atoms with Crippen LogP contribution < -0.4 is 4.74 Å². The molecular formula is C21H16O3S. The van der Waals surface area contributed by atoms with Gasteiger partial charge in [0.1, 0.15) is 10.6 Å². The molecular weight excluding hydrogens is 332 g/mol. The third-order valence-electron chi connectivity index (χ3n) is 3.58. The molecule has 0 bridgehead atoms. The van der Waals surface area contributed by atoms with E-state index >= 15 is 0 Å². The van der Waals surface area contributed by atoms with E-state index in [0.29, 0.717) is 16.2 Å². The third kappa shape index (κ3) is 4.52. The average molecular weight is 348 g/mol. The SMILES string of the molecule is Cc1ccc(C(=O)C=Cc2ccc(OC(=O)c3cccs3)cc2)cc1. The fourth-order valence-corrected chi connectivity index (χ4v) is 2.78. The van der Waals surface area contributed by atoms with Gasteiger partial charge in [-0.15, -0.1) is 11.3 Å². The minimum atomic E-state index is -0.368. The Morgan fingerprint density at radius 1 is 0.960 bits per heavy atom. The highest BCUT2D eigenvalue weighted by molar-refractivity contribution is 7.12. The molecule has 0 aliphatic rings. The van der Waals surface area contributed by atoms with Crippen LogP contribution in [0, 0.1) is 6.92 Å². The second kappa shape index (κ2) is 7.73. The van der Waals surface area contributed by atoms with E-state index in [9.17, 15) is 9.59 Å². The summed E-state index contributed by atoms with van der Waals surface area (Å²) >= 11 is 1.34. The summed E-state index contributed by atoms with van der Waals surface area (Å²) in [6.45, 7) is 1.98. The Morgan fingerprint density at radius 3 is 2.32 bits per heavy atom. The zero-order chi connectivity index (χ0) is 17.6. The number of carbonyl (C=O) groups excluding carboxylic acids is 2. The quantitative estimate of drug-likeness (QED) is 0.276. The van der Waals surface area contributed by atoms with Crippen LogP contribution in [0.25, 0.3) is 6.08 Å². The predicted octanol–water partition coefficient (Wildman–Crippen LogP) is 5.17. The average Bonchev–Trinajstić information content (AvgIpc) is 3.16. The zero-order valence-electron chi connectivity index (χ0n) is 13.6.